The average Bonchev–Trinajstić information content (AvgIpc) is 2.84. The molecule has 0 aliphatic heterocycles. The first-order valence-corrected chi connectivity index (χ1v) is 9.87. The van der Waals surface area contributed by atoms with Crippen molar-refractivity contribution in [2.45, 2.75) is 13.0 Å². The number of hydrogen-bond donors (Lipinski definition) is 1. The second-order valence-electron chi connectivity index (χ2n) is 7.10. The Balaban J connectivity index is 1.82. The average molecular weight is 410 g/mol. The molecule has 0 bridgehead atoms. The van der Waals surface area contributed by atoms with E-state index >= 15 is 0 Å². The Kier molecular flexibility index (Phi) is 5.67. The molecule has 1 unspecified atom stereocenters. The van der Waals surface area contributed by atoms with Crippen LogP contribution in [-0.4, -0.2) is 24.2 Å². The maximum absolute atomic E-state index is 9.70. The lowest BCUT2D eigenvalue weighted by molar-refractivity contribution is 0.343. The quantitative estimate of drug-likeness (QED) is 0.461. The van der Waals surface area contributed by atoms with Crippen molar-refractivity contribution in [1.82, 2.24) is 9.97 Å². The molecule has 0 saturated carbocycles. The summed E-state index contributed by atoms with van der Waals surface area (Å²) in [7, 11) is 3.14. The predicted octanol–water partition coefficient (Wildman–Crippen LogP) is 5.36. The third-order valence-electron chi connectivity index (χ3n) is 5.21. The highest BCUT2D eigenvalue weighted by Gasteiger charge is 2.15. The van der Waals surface area contributed by atoms with Crippen LogP contribution in [0.1, 0.15) is 24.1 Å². The molecule has 0 aliphatic carbocycles. The molecule has 2 aromatic carbocycles. The monoisotopic (exact) mass is 410 g/mol. The molecule has 2 heterocycles. The number of hydrogen-bond acceptors (Lipinski definition) is 6. The van der Waals surface area contributed by atoms with E-state index in [1.54, 1.807) is 26.6 Å². The number of nitrogens with one attached hydrogen (secondary N) is 1. The number of anilines is 1. The minimum Gasteiger partial charge on any atom is -0.491 e. The van der Waals surface area contributed by atoms with Gasteiger partial charge in [0.1, 0.15) is 6.07 Å². The first-order chi connectivity index (χ1) is 15.1. The van der Waals surface area contributed by atoms with Crippen LogP contribution in [0.4, 0.5) is 5.69 Å². The SMILES string of the molecule is COc1cc(-c2ccc3ncc(C#N)c(NC(C)c4ccccc4)c3c2)cnc1OC. The zero-order chi connectivity index (χ0) is 21.8. The number of fused-ring (bicyclic) bond motifs is 1. The Morgan fingerprint density at radius 3 is 2.45 bits per heavy atom. The summed E-state index contributed by atoms with van der Waals surface area (Å²) < 4.78 is 10.6. The van der Waals surface area contributed by atoms with Crippen LogP contribution in [0.2, 0.25) is 0 Å². The standard InChI is InChI=1S/C25H22N4O2/c1-16(17-7-5-4-6-8-17)29-24-20(13-26)15-27-22-10-9-18(11-21(22)24)19-12-23(30-2)25(31-3)28-14-19/h4-12,14-16H,1-3H3,(H,27,29). The third-order valence-corrected chi connectivity index (χ3v) is 5.21. The van der Waals surface area contributed by atoms with E-state index in [4.69, 9.17) is 9.47 Å². The van der Waals surface area contributed by atoms with Crippen LogP contribution in [0.5, 0.6) is 11.6 Å². The van der Waals surface area contributed by atoms with E-state index in [1.807, 2.05) is 42.5 Å². The molecule has 0 amide bonds. The van der Waals surface area contributed by atoms with Crippen molar-refractivity contribution in [3.8, 4) is 28.8 Å². The van der Waals surface area contributed by atoms with Crippen LogP contribution in [-0.2, 0) is 0 Å². The summed E-state index contributed by atoms with van der Waals surface area (Å²) in [5.74, 6) is 0.986. The third kappa shape index (κ3) is 3.99. The van der Waals surface area contributed by atoms with Gasteiger partial charge in [-0.1, -0.05) is 36.4 Å². The van der Waals surface area contributed by atoms with Crippen LogP contribution in [0, 0.1) is 11.3 Å². The Morgan fingerprint density at radius 1 is 0.935 bits per heavy atom. The number of pyridine rings is 2. The Morgan fingerprint density at radius 2 is 1.74 bits per heavy atom. The lowest BCUT2D eigenvalue weighted by Crippen LogP contribution is -2.08. The number of nitrogens with zero attached hydrogens (tertiary/aromatic N) is 3. The van der Waals surface area contributed by atoms with Gasteiger partial charge in [0, 0.05) is 29.4 Å². The van der Waals surface area contributed by atoms with Crippen LogP contribution in [0.25, 0.3) is 22.0 Å². The van der Waals surface area contributed by atoms with Gasteiger partial charge in [0.2, 0.25) is 0 Å². The second kappa shape index (κ2) is 8.72. The lowest BCUT2D eigenvalue weighted by Gasteiger charge is -2.19. The lowest BCUT2D eigenvalue weighted by atomic mass is 10.0. The van der Waals surface area contributed by atoms with E-state index in [1.165, 1.54) is 0 Å². The Bertz CT molecular complexity index is 1270. The number of ether oxygens (including phenoxy) is 2. The number of rotatable bonds is 6. The molecule has 0 saturated heterocycles. The van der Waals surface area contributed by atoms with E-state index < -0.39 is 0 Å². The zero-order valence-corrected chi connectivity index (χ0v) is 17.6. The predicted molar refractivity (Wildman–Crippen MR) is 121 cm³/mol. The molecule has 4 aromatic rings. The summed E-state index contributed by atoms with van der Waals surface area (Å²) in [6.45, 7) is 2.07. The van der Waals surface area contributed by atoms with Gasteiger partial charge in [-0.05, 0) is 36.2 Å². The molecular formula is C25H22N4O2. The Hall–Kier alpha value is -4.11. The van der Waals surface area contributed by atoms with E-state index in [-0.39, 0.29) is 6.04 Å². The fourth-order valence-corrected chi connectivity index (χ4v) is 3.54. The van der Waals surface area contributed by atoms with Crippen molar-refractivity contribution in [2.24, 2.45) is 0 Å². The largest absolute Gasteiger partial charge is 0.491 e. The maximum atomic E-state index is 9.70. The van der Waals surface area contributed by atoms with Gasteiger partial charge in [-0.25, -0.2) is 4.98 Å². The van der Waals surface area contributed by atoms with Gasteiger partial charge in [-0.15, -0.1) is 0 Å². The fraction of sp³-hybridized carbons (Fsp3) is 0.160. The van der Waals surface area contributed by atoms with Crippen molar-refractivity contribution in [1.29, 1.82) is 5.26 Å². The van der Waals surface area contributed by atoms with Crippen LogP contribution in [0.3, 0.4) is 0 Å². The Labute approximate surface area is 181 Å². The molecule has 6 nitrogen and oxygen atoms in total. The van der Waals surface area contributed by atoms with Crippen molar-refractivity contribution >= 4 is 16.6 Å². The summed E-state index contributed by atoms with van der Waals surface area (Å²) in [5, 5.41) is 14.1. The minimum atomic E-state index is 0.0188. The normalized spacial score (nSPS) is 11.5. The summed E-state index contributed by atoms with van der Waals surface area (Å²) in [4.78, 5) is 8.80. The maximum Gasteiger partial charge on any atom is 0.256 e. The topological polar surface area (TPSA) is 80.1 Å². The van der Waals surface area contributed by atoms with Crippen molar-refractivity contribution in [2.75, 3.05) is 19.5 Å². The van der Waals surface area contributed by atoms with Gasteiger partial charge in [0.25, 0.3) is 5.88 Å². The number of methoxy groups -OCH3 is 2. The van der Waals surface area contributed by atoms with Gasteiger partial charge >= 0.3 is 0 Å². The fourth-order valence-electron chi connectivity index (χ4n) is 3.54. The molecule has 1 atom stereocenters. The molecule has 0 radical (unpaired) electrons. The zero-order valence-electron chi connectivity index (χ0n) is 17.6. The van der Waals surface area contributed by atoms with E-state index in [0.717, 1.165) is 33.3 Å². The molecule has 0 fully saturated rings. The van der Waals surface area contributed by atoms with Gasteiger partial charge in [0.05, 0.1) is 31.0 Å². The highest BCUT2D eigenvalue weighted by molar-refractivity contribution is 5.96. The first-order valence-electron chi connectivity index (χ1n) is 9.87. The van der Waals surface area contributed by atoms with Gasteiger partial charge in [0.15, 0.2) is 5.75 Å². The first kappa shape index (κ1) is 20.2. The molecule has 1 N–H and O–H groups in total. The van der Waals surface area contributed by atoms with Crippen molar-refractivity contribution in [3.05, 3.63) is 78.1 Å². The highest BCUT2D eigenvalue weighted by atomic mass is 16.5. The number of nitriles is 1. The number of benzene rings is 2. The van der Waals surface area contributed by atoms with E-state index in [2.05, 4.69) is 40.4 Å². The van der Waals surface area contributed by atoms with Gasteiger partial charge in [-0.2, -0.15) is 5.26 Å². The van der Waals surface area contributed by atoms with Crippen molar-refractivity contribution < 1.29 is 9.47 Å². The molecule has 0 aliphatic rings. The van der Waals surface area contributed by atoms with Crippen molar-refractivity contribution in [3.63, 3.8) is 0 Å². The molecule has 31 heavy (non-hydrogen) atoms. The molecular weight excluding hydrogens is 388 g/mol. The molecule has 4 rings (SSSR count). The molecule has 0 spiro atoms. The summed E-state index contributed by atoms with van der Waals surface area (Å²) in [5.41, 5.74) is 5.02. The smallest absolute Gasteiger partial charge is 0.256 e. The second-order valence-corrected chi connectivity index (χ2v) is 7.10. The van der Waals surface area contributed by atoms with Gasteiger partial charge in [-0.3, -0.25) is 4.98 Å². The summed E-state index contributed by atoms with van der Waals surface area (Å²) >= 11 is 0. The van der Waals surface area contributed by atoms with Crippen LogP contribution in [0.15, 0.2) is 67.0 Å². The van der Waals surface area contributed by atoms with Crippen LogP contribution < -0.4 is 14.8 Å². The molecule has 154 valence electrons. The van der Waals surface area contributed by atoms with Crippen LogP contribution >= 0.6 is 0 Å². The number of aromatic nitrogens is 2. The summed E-state index contributed by atoms with van der Waals surface area (Å²) in [6, 6.07) is 20.2. The minimum absolute atomic E-state index is 0.0188. The molecule has 6 heteroatoms. The van der Waals surface area contributed by atoms with E-state index in [9.17, 15) is 5.26 Å². The van der Waals surface area contributed by atoms with E-state index in [0.29, 0.717) is 17.2 Å². The summed E-state index contributed by atoms with van der Waals surface area (Å²) in [6.07, 6.45) is 3.35. The molecule has 2 aromatic heterocycles. The van der Waals surface area contributed by atoms with Gasteiger partial charge < -0.3 is 14.8 Å². The highest BCUT2D eigenvalue weighted by Crippen LogP contribution is 2.34.